The minimum Gasteiger partial charge on any atom is -0.354 e. The molecule has 1 aromatic heterocycles. The van der Waals surface area contributed by atoms with Gasteiger partial charge in [0.15, 0.2) is 0 Å². The molecule has 0 radical (unpaired) electrons. The molecule has 3 nitrogen and oxygen atoms in total. The molecule has 1 aliphatic rings. The highest BCUT2D eigenvalue weighted by atomic mass is 16.2. The number of amides is 1. The molecule has 1 saturated heterocycles. The summed E-state index contributed by atoms with van der Waals surface area (Å²) in [5, 5.41) is 2.86. The topological polar surface area (TPSA) is 34.0 Å². The summed E-state index contributed by atoms with van der Waals surface area (Å²) in [5.74, 6) is 0.150. The van der Waals surface area contributed by atoms with Gasteiger partial charge in [-0.05, 0) is 25.0 Å². The molecule has 1 unspecified atom stereocenters. The minimum absolute atomic E-state index is 0.0220. The largest absolute Gasteiger partial charge is 0.354 e. The van der Waals surface area contributed by atoms with Gasteiger partial charge in [-0.15, -0.1) is 0 Å². The molecule has 1 aromatic rings. The summed E-state index contributed by atoms with van der Waals surface area (Å²) in [7, 11) is 0. The van der Waals surface area contributed by atoms with Crippen LogP contribution in [0.5, 0.6) is 0 Å². The van der Waals surface area contributed by atoms with Crippen LogP contribution in [-0.4, -0.2) is 17.0 Å². The number of piperidine rings is 1. The number of rotatable bonds is 1. The second-order valence-electron chi connectivity index (χ2n) is 3.08. The molecule has 1 fully saturated rings. The lowest BCUT2D eigenvalue weighted by Gasteiger charge is -2.22. The summed E-state index contributed by atoms with van der Waals surface area (Å²) in [5.41, 5.74) is 0. The number of aromatic nitrogens is 1. The van der Waals surface area contributed by atoms with E-state index < -0.39 is 0 Å². The van der Waals surface area contributed by atoms with Gasteiger partial charge in [0.1, 0.15) is 6.04 Å². The van der Waals surface area contributed by atoms with Gasteiger partial charge >= 0.3 is 0 Å². The molecule has 0 aliphatic carbocycles. The van der Waals surface area contributed by atoms with Crippen LogP contribution in [0.3, 0.4) is 0 Å². The van der Waals surface area contributed by atoms with Crippen molar-refractivity contribution in [2.75, 3.05) is 6.54 Å². The van der Waals surface area contributed by atoms with Crippen LogP contribution in [0.25, 0.3) is 0 Å². The van der Waals surface area contributed by atoms with Crippen LogP contribution in [0.4, 0.5) is 0 Å². The van der Waals surface area contributed by atoms with Gasteiger partial charge in [0.2, 0.25) is 5.91 Å². The van der Waals surface area contributed by atoms with Crippen molar-refractivity contribution in [2.24, 2.45) is 0 Å². The maximum atomic E-state index is 11.4. The van der Waals surface area contributed by atoms with Crippen molar-refractivity contribution in [1.82, 2.24) is 9.88 Å². The third-order valence-electron chi connectivity index (χ3n) is 2.24. The van der Waals surface area contributed by atoms with E-state index in [0.717, 1.165) is 19.4 Å². The van der Waals surface area contributed by atoms with Gasteiger partial charge < -0.3 is 9.88 Å². The molecule has 0 bridgehead atoms. The van der Waals surface area contributed by atoms with Crippen molar-refractivity contribution in [3.8, 4) is 0 Å². The van der Waals surface area contributed by atoms with Crippen molar-refractivity contribution >= 4 is 5.91 Å². The monoisotopic (exact) mass is 164 g/mol. The third-order valence-corrected chi connectivity index (χ3v) is 2.24. The van der Waals surface area contributed by atoms with Crippen molar-refractivity contribution in [2.45, 2.75) is 18.9 Å². The predicted molar refractivity (Wildman–Crippen MR) is 45.7 cm³/mol. The smallest absolute Gasteiger partial charge is 0.243 e. The third kappa shape index (κ3) is 1.22. The van der Waals surface area contributed by atoms with E-state index in [-0.39, 0.29) is 11.9 Å². The molecule has 2 heterocycles. The highest BCUT2D eigenvalue weighted by Gasteiger charge is 2.22. The summed E-state index contributed by atoms with van der Waals surface area (Å²) in [4.78, 5) is 11.4. The number of hydrogen-bond donors (Lipinski definition) is 1. The molecule has 1 amide bonds. The second-order valence-corrected chi connectivity index (χ2v) is 3.08. The molecule has 2 rings (SSSR count). The van der Waals surface area contributed by atoms with E-state index in [2.05, 4.69) is 5.32 Å². The van der Waals surface area contributed by atoms with E-state index in [4.69, 9.17) is 0 Å². The fourth-order valence-corrected chi connectivity index (χ4v) is 1.60. The summed E-state index contributed by atoms with van der Waals surface area (Å²) >= 11 is 0. The van der Waals surface area contributed by atoms with Crippen molar-refractivity contribution < 1.29 is 4.79 Å². The Hall–Kier alpha value is -1.25. The average molecular weight is 164 g/mol. The van der Waals surface area contributed by atoms with Crippen LogP contribution in [0.15, 0.2) is 24.5 Å². The number of carbonyl (C=O) groups excluding carboxylic acids is 1. The van der Waals surface area contributed by atoms with Gasteiger partial charge in [0.25, 0.3) is 0 Å². The Kier molecular flexibility index (Phi) is 1.86. The van der Waals surface area contributed by atoms with Crippen LogP contribution in [0, 0.1) is 0 Å². The maximum absolute atomic E-state index is 11.4. The van der Waals surface area contributed by atoms with Gasteiger partial charge in [0.05, 0.1) is 0 Å². The van der Waals surface area contributed by atoms with E-state index in [1.165, 1.54) is 0 Å². The molecule has 0 spiro atoms. The molecule has 1 atom stereocenters. The van der Waals surface area contributed by atoms with E-state index in [1.807, 2.05) is 29.1 Å². The number of nitrogens with one attached hydrogen (secondary N) is 1. The Morgan fingerprint density at radius 3 is 2.83 bits per heavy atom. The van der Waals surface area contributed by atoms with E-state index >= 15 is 0 Å². The Labute approximate surface area is 71.4 Å². The molecule has 3 heteroatoms. The molecule has 12 heavy (non-hydrogen) atoms. The highest BCUT2D eigenvalue weighted by Crippen LogP contribution is 2.17. The van der Waals surface area contributed by atoms with Crippen molar-refractivity contribution in [3.63, 3.8) is 0 Å². The number of nitrogens with zero attached hydrogens (tertiary/aromatic N) is 1. The first kappa shape index (κ1) is 7.40. The number of hydrogen-bond acceptors (Lipinski definition) is 1. The maximum Gasteiger partial charge on any atom is 0.243 e. The zero-order valence-corrected chi connectivity index (χ0v) is 6.86. The lowest BCUT2D eigenvalue weighted by atomic mass is 10.1. The van der Waals surface area contributed by atoms with Crippen molar-refractivity contribution in [3.05, 3.63) is 24.5 Å². The average Bonchev–Trinajstić information content (AvgIpc) is 2.57. The fraction of sp³-hybridized carbons (Fsp3) is 0.444. The quantitative estimate of drug-likeness (QED) is 0.658. The summed E-state index contributed by atoms with van der Waals surface area (Å²) < 4.78 is 1.97. The van der Waals surface area contributed by atoms with Gasteiger partial charge in [0, 0.05) is 18.9 Å². The first-order valence-electron chi connectivity index (χ1n) is 4.28. The predicted octanol–water partition coefficient (Wildman–Crippen LogP) is 0.939. The van der Waals surface area contributed by atoms with Crippen LogP contribution < -0.4 is 5.32 Å². The van der Waals surface area contributed by atoms with Gasteiger partial charge in [-0.1, -0.05) is 0 Å². The van der Waals surface area contributed by atoms with E-state index in [1.54, 1.807) is 0 Å². The second kappa shape index (κ2) is 3.01. The van der Waals surface area contributed by atoms with Crippen LogP contribution in [-0.2, 0) is 4.79 Å². The zero-order valence-electron chi connectivity index (χ0n) is 6.86. The molecule has 1 N–H and O–H groups in total. The van der Waals surface area contributed by atoms with Gasteiger partial charge in [-0.3, -0.25) is 4.79 Å². The zero-order chi connectivity index (χ0) is 8.39. The molecular weight excluding hydrogens is 152 g/mol. The van der Waals surface area contributed by atoms with Gasteiger partial charge in [-0.2, -0.15) is 0 Å². The van der Waals surface area contributed by atoms with E-state index in [9.17, 15) is 4.79 Å². The normalized spacial score (nSPS) is 23.7. The lowest BCUT2D eigenvalue weighted by Crippen LogP contribution is -2.37. The molecule has 0 aromatic carbocycles. The first-order chi connectivity index (χ1) is 5.88. The Balaban J connectivity index is 2.17. The Bertz CT molecular complexity index is 266. The SMILES string of the molecule is O=C1NCCCC1n1cccc1. The van der Waals surface area contributed by atoms with Crippen molar-refractivity contribution in [1.29, 1.82) is 0 Å². The summed E-state index contributed by atoms with van der Waals surface area (Å²) in [6, 6.07) is 3.91. The molecule has 64 valence electrons. The number of carbonyl (C=O) groups is 1. The molecule has 1 aliphatic heterocycles. The van der Waals surface area contributed by atoms with Crippen LogP contribution in [0.1, 0.15) is 18.9 Å². The van der Waals surface area contributed by atoms with Gasteiger partial charge in [-0.25, -0.2) is 0 Å². The first-order valence-corrected chi connectivity index (χ1v) is 4.28. The van der Waals surface area contributed by atoms with E-state index in [0.29, 0.717) is 0 Å². The standard InChI is InChI=1S/C9H12N2O/c12-9-8(4-3-5-10-9)11-6-1-2-7-11/h1-2,6-8H,3-5H2,(H,10,12). The summed E-state index contributed by atoms with van der Waals surface area (Å²) in [6.07, 6.45) is 5.92. The highest BCUT2D eigenvalue weighted by molar-refractivity contribution is 5.80. The Morgan fingerprint density at radius 2 is 2.17 bits per heavy atom. The minimum atomic E-state index is 0.0220. The molecular formula is C9H12N2O. The fourth-order valence-electron chi connectivity index (χ4n) is 1.60. The summed E-state index contributed by atoms with van der Waals surface area (Å²) in [6.45, 7) is 0.830. The molecule has 0 saturated carbocycles. The Morgan fingerprint density at radius 1 is 1.42 bits per heavy atom. The van der Waals surface area contributed by atoms with Crippen LogP contribution >= 0.6 is 0 Å². The van der Waals surface area contributed by atoms with Crippen LogP contribution in [0.2, 0.25) is 0 Å². The lowest BCUT2D eigenvalue weighted by molar-refractivity contribution is -0.125.